The summed E-state index contributed by atoms with van der Waals surface area (Å²) in [4.78, 5) is 47.5. The molecule has 3 saturated heterocycles. The minimum Gasteiger partial charge on any atom is -0.378 e. The number of para-hydroxylation sites is 1. The summed E-state index contributed by atoms with van der Waals surface area (Å²) in [6.07, 6.45) is 10.1. The SMILES string of the molecule is Cn1c(=O)n(C2CCC(=O)NC2=O)c2cccc(C3CCN(CC4CCC(n5cc(-n6cc(-c7cnn8ccc(N9CCOCC9)nc78)nn6)c(C(F)F)n5)CC4)CC3)c21. The van der Waals surface area contributed by atoms with Gasteiger partial charge in [0.2, 0.25) is 11.8 Å². The van der Waals surface area contributed by atoms with Gasteiger partial charge in [0.1, 0.15) is 23.2 Å². The number of imide groups is 1. The van der Waals surface area contributed by atoms with Crippen molar-refractivity contribution in [1.29, 1.82) is 0 Å². The number of morpholine rings is 1. The summed E-state index contributed by atoms with van der Waals surface area (Å²) in [5, 5.41) is 19.8. The van der Waals surface area contributed by atoms with Crippen molar-refractivity contribution < 1.29 is 23.1 Å². The van der Waals surface area contributed by atoms with Crippen LogP contribution in [0.4, 0.5) is 14.6 Å². The number of hydrogen-bond acceptors (Lipinski definition) is 11. The Kier molecular flexibility index (Phi) is 10.0. The molecule has 4 aliphatic rings. The van der Waals surface area contributed by atoms with Crippen molar-refractivity contribution in [3.63, 3.8) is 0 Å². The lowest BCUT2D eigenvalue weighted by molar-refractivity contribution is -0.135. The minimum absolute atomic E-state index is 0.00303. The summed E-state index contributed by atoms with van der Waals surface area (Å²) >= 11 is 0. The molecule has 0 radical (unpaired) electrons. The van der Waals surface area contributed by atoms with E-state index < -0.39 is 18.4 Å². The Morgan fingerprint density at radius 2 is 1.75 bits per heavy atom. The molecule has 1 aromatic carbocycles. The second-order valence-electron chi connectivity index (χ2n) is 16.6. The van der Waals surface area contributed by atoms with E-state index in [1.54, 1.807) is 44.0 Å². The number of benzene rings is 1. The number of rotatable bonds is 9. The largest absolute Gasteiger partial charge is 0.378 e. The number of fused-ring (bicyclic) bond motifs is 2. The van der Waals surface area contributed by atoms with Crippen molar-refractivity contribution in [3.05, 3.63) is 70.8 Å². The summed E-state index contributed by atoms with van der Waals surface area (Å²) in [5.74, 6) is 0.834. The quantitative estimate of drug-likeness (QED) is 0.208. The van der Waals surface area contributed by atoms with Gasteiger partial charge in [0.25, 0.3) is 6.43 Å². The number of nitrogens with zero attached hydrogens (tertiary/aromatic N) is 12. The number of amides is 2. The van der Waals surface area contributed by atoms with Gasteiger partial charge in [0.15, 0.2) is 11.3 Å². The van der Waals surface area contributed by atoms with Gasteiger partial charge in [0, 0.05) is 39.3 Å². The number of anilines is 1. The number of carbonyl (C=O) groups is 2. The highest BCUT2D eigenvalue weighted by atomic mass is 19.3. The maximum absolute atomic E-state index is 14.5. The standard InChI is InChI=1S/C41H47F2N13O4/c1-50-37-28(3-2-4-31(37)56(41(50)59)32-9-10-35(57)46-40(32)58)26-11-14-51(15-12-26)22-25-5-7-27(8-6-25)54-24-33(36(48-54)38(42)43)55-23-30(47-49-55)29-21-44-53-16-13-34(45-39(29)53)52-17-19-60-20-18-52/h2-4,13,16,21,23-27,32,38H,5-12,14-15,17-20,22H2,1H3,(H,46,57,58). The first-order valence-corrected chi connectivity index (χ1v) is 20.9. The number of halogens is 2. The van der Waals surface area contributed by atoms with E-state index in [9.17, 15) is 23.2 Å². The number of aryl methyl sites for hydroxylation is 1. The van der Waals surface area contributed by atoms with E-state index in [2.05, 4.69) is 41.7 Å². The lowest BCUT2D eigenvalue weighted by Crippen LogP contribution is -2.44. The van der Waals surface area contributed by atoms with E-state index >= 15 is 0 Å². The third-order valence-electron chi connectivity index (χ3n) is 13.0. The van der Waals surface area contributed by atoms with Crippen LogP contribution in [-0.4, -0.2) is 111 Å². The van der Waals surface area contributed by atoms with E-state index in [0.29, 0.717) is 42.5 Å². The number of piperidine rings is 2. The van der Waals surface area contributed by atoms with Crippen molar-refractivity contribution in [2.24, 2.45) is 13.0 Å². The minimum atomic E-state index is -2.79. The zero-order valence-corrected chi connectivity index (χ0v) is 33.4. The predicted octanol–water partition coefficient (Wildman–Crippen LogP) is 4.19. The molecule has 1 N–H and O–H groups in total. The molecule has 6 aromatic rings. The highest BCUT2D eigenvalue weighted by Crippen LogP contribution is 2.38. The van der Waals surface area contributed by atoms with Gasteiger partial charge in [0.05, 0.1) is 54.4 Å². The van der Waals surface area contributed by atoms with Gasteiger partial charge in [-0.25, -0.2) is 27.8 Å². The third-order valence-corrected chi connectivity index (χ3v) is 13.0. The maximum Gasteiger partial charge on any atom is 0.329 e. The Morgan fingerprint density at radius 3 is 2.52 bits per heavy atom. The molecule has 2 amide bonds. The molecule has 17 nitrogen and oxygen atoms in total. The van der Waals surface area contributed by atoms with Gasteiger partial charge in [-0.05, 0) is 87.6 Å². The van der Waals surface area contributed by atoms with Gasteiger partial charge < -0.3 is 14.5 Å². The Morgan fingerprint density at radius 1 is 0.950 bits per heavy atom. The number of aromatic nitrogens is 10. The van der Waals surface area contributed by atoms with E-state index in [1.807, 2.05) is 24.4 Å². The topological polar surface area (TPSA) is 168 Å². The van der Waals surface area contributed by atoms with Gasteiger partial charge in [-0.1, -0.05) is 17.3 Å². The van der Waals surface area contributed by atoms with Crippen molar-refractivity contribution in [2.75, 3.05) is 50.8 Å². The average Bonchev–Trinajstić information content (AvgIpc) is 4.07. The first-order valence-electron chi connectivity index (χ1n) is 20.9. The smallest absolute Gasteiger partial charge is 0.329 e. The van der Waals surface area contributed by atoms with Gasteiger partial charge in [-0.3, -0.25) is 28.7 Å². The van der Waals surface area contributed by atoms with E-state index in [0.717, 1.165) is 93.7 Å². The molecule has 19 heteroatoms. The molecule has 60 heavy (non-hydrogen) atoms. The van der Waals surface area contributed by atoms with Crippen LogP contribution < -0.4 is 15.9 Å². The molecule has 10 rings (SSSR count). The Bertz CT molecular complexity index is 2620. The zero-order valence-electron chi connectivity index (χ0n) is 33.4. The fourth-order valence-corrected chi connectivity index (χ4v) is 9.84. The van der Waals surface area contributed by atoms with Crippen molar-refractivity contribution >= 4 is 34.3 Å². The fourth-order valence-electron chi connectivity index (χ4n) is 9.84. The third kappa shape index (κ3) is 6.96. The van der Waals surface area contributed by atoms with Crippen LogP contribution in [0.3, 0.4) is 0 Å². The zero-order chi connectivity index (χ0) is 41.1. The first-order chi connectivity index (χ1) is 29.2. The number of imidazole rings is 1. The summed E-state index contributed by atoms with van der Waals surface area (Å²) in [7, 11) is 1.76. The second-order valence-corrected chi connectivity index (χ2v) is 16.6. The summed E-state index contributed by atoms with van der Waals surface area (Å²) in [6.45, 7) is 5.59. The molecule has 8 heterocycles. The number of carbonyl (C=O) groups excluding carboxylic acids is 2. The lowest BCUT2D eigenvalue weighted by atomic mass is 9.84. The average molecular weight is 824 g/mol. The van der Waals surface area contributed by atoms with Crippen molar-refractivity contribution in [3.8, 4) is 16.9 Å². The highest BCUT2D eigenvalue weighted by Gasteiger charge is 2.34. The molecular weight excluding hydrogens is 777 g/mol. The van der Waals surface area contributed by atoms with Crippen LogP contribution >= 0.6 is 0 Å². The Labute approximate surface area is 342 Å². The molecule has 4 fully saturated rings. The number of nitrogens with one attached hydrogen (secondary N) is 1. The molecule has 0 spiro atoms. The van der Waals surface area contributed by atoms with E-state index in [1.165, 1.54) is 4.68 Å². The predicted molar refractivity (Wildman–Crippen MR) is 215 cm³/mol. The number of alkyl halides is 2. The van der Waals surface area contributed by atoms with Crippen LogP contribution in [0.5, 0.6) is 0 Å². The molecule has 1 saturated carbocycles. The number of hydrogen-bond donors (Lipinski definition) is 1. The fraction of sp³-hybridized carbons (Fsp3) is 0.512. The maximum atomic E-state index is 14.5. The first kappa shape index (κ1) is 38.4. The normalized spacial score (nSPS) is 22.4. The molecule has 1 atom stereocenters. The molecule has 314 valence electrons. The molecule has 5 aromatic heterocycles. The second kappa shape index (κ2) is 15.7. The monoisotopic (exact) mass is 823 g/mol. The highest BCUT2D eigenvalue weighted by molar-refractivity contribution is 6.00. The van der Waals surface area contributed by atoms with Gasteiger partial charge in [-0.15, -0.1) is 5.10 Å². The van der Waals surface area contributed by atoms with Crippen LogP contribution in [0.25, 0.3) is 33.6 Å². The van der Waals surface area contributed by atoms with Crippen LogP contribution in [0.2, 0.25) is 0 Å². The Balaban J connectivity index is 0.777. The van der Waals surface area contributed by atoms with Crippen molar-refractivity contribution in [1.82, 2.24) is 58.7 Å². The van der Waals surface area contributed by atoms with Crippen LogP contribution in [0.15, 0.2) is 53.8 Å². The summed E-state index contributed by atoms with van der Waals surface area (Å²) < 4.78 is 42.4. The molecule has 1 aliphatic carbocycles. The van der Waals surface area contributed by atoms with E-state index in [4.69, 9.17) is 9.72 Å². The van der Waals surface area contributed by atoms with Crippen LogP contribution in [0, 0.1) is 5.92 Å². The van der Waals surface area contributed by atoms with Gasteiger partial charge >= 0.3 is 5.69 Å². The van der Waals surface area contributed by atoms with E-state index in [-0.39, 0.29) is 41.4 Å². The molecule has 0 bridgehead atoms. The summed E-state index contributed by atoms with van der Waals surface area (Å²) in [5.41, 5.74) is 4.05. The molecule has 1 unspecified atom stereocenters. The number of ether oxygens (including phenoxy) is 1. The summed E-state index contributed by atoms with van der Waals surface area (Å²) in [6, 6.07) is 7.16. The lowest BCUT2D eigenvalue weighted by Gasteiger charge is -2.37. The van der Waals surface area contributed by atoms with Crippen LogP contribution in [0.1, 0.15) is 87.1 Å². The van der Waals surface area contributed by atoms with Crippen molar-refractivity contribution in [2.45, 2.75) is 75.8 Å². The Hall–Kier alpha value is -5.82. The molecule has 3 aliphatic heterocycles. The van der Waals surface area contributed by atoms with Crippen LogP contribution in [-0.2, 0) is 21.4 Å². The van der Waals surface area contributed by atoms with Gasteiger partial charge in [-0.2, -0.15) is 10.2 Å². The molecular formula is C41H47F2N13O4. The number of likely N-dealkylation sites (tertiary alicyclic amines) is 1.